The second-order valence-corrected chi connectivity index (χ2v) is 2.19. The molecular weight excluding hydrogens is 173 g/mol. The third kappa shape index (κ3) is 4.09. The molecule has 4 heteroatoms. The lowest BCUT2D eigenvalue weighted by Gasteiger charge is -2.17. The zero-order valence-electron chi connectivity index (χ0n) is 5.71. The first-order valence-corrected chi connectivity index (χ1v) is 3.12. The third-order valence-corrected chi connectivity index (χ3v) is 1.51. The average molecular weight is 186 g/mol. The number of carbonyl (C=O) groups excluding carboxylic acids is 1. The smallest absolute Gasteiger partial charge is 0.136 e. The largest absolute Gasteiger partial charge is 0.308 e. The van der Waals surface area contributed by atoms with Crippen molar-refractivity contribution in [3.63, 3.8) is 0 Å². The Morgan fingerprint density at radius 3 is 2.30 bits per heavy atom. The maximum atomic E-state index is 10.1. The van der Waals surface area contributed by atoms with Crippen molar-refractivity contribution in [2.75, 3.05) is 6.54 Å². The summed E-state index contributed by atoms with van der Waals surface area (Å²) in [5.74, 6) is 0. The van der Waals surface area contributed by atoms with Gasteiger partial charge in [-0.15, -0.1) is 24.8 Å². The highest BCUT2D eigenvalue weighted by Crippen LogP contribution is 2.03. The normalized spacial score (nSPS) is 23.8. The maximum Gasteiger partial charge on any atom is 0.136 e. The summed E-state index contributed by atoms with van der Waals surface area (Å²) in [7, 11) is 0. The zero-order chi connectivity index (χ0) is 5.82. The molecule has 1 aliphatic rings. The molecule has 1 rings (SSSR count). The molecule has 0 aromatic rings. The van der Waals surface area contributed by atoms with E-state index in [4.69, 9.17) is 0 Å². The summed E-state index contributed by atoms with van der Waals surface area (Å²) >= 11 is 0. The third-order valence-electron chi connectivity index (χ3n) is 1.51. The van der Waals surface area contributed by atoms with Crippen molar-refractivity contribution in [2.45, 2.75) is 25.3 Å². The molecule has 1 aliphatic heterocycles. The molecule has 0 saturated carbocycles. The van der Waals surface area contributed by atoms with E-state index in [2.05, 4.69) is 5.32 Å². The standard InChI is InChI=1S/C6H11NO.2ClH/c8-5-6-3-1-2-4-7-6;;/h5-7H,1-4H2;2*1H. The van der Waals surface area contributed by atoms with E-state index in [1.165, 1.54) is 12.8 Å². The molecule has 1 atom stereocenters. The monoisotopic (exact) mass is 185 g/mol. The van der Waals surface area contributed by atoms with Crippen LogP contribution in [0, 0.1) is 0 Å². The minimum atomic E-state index is 0. The van der Waals surface area contributed by atoms with E-state index in [0.717, 1.165) is 19.3 Å². The van der Waals surface area contributed by atoms with Crippen molar-refractivity contribution in [3.8, 4) is 0 Å². The van der Waals surface area contributed by atoms with Crippen molar-refractivity contribution < 1.29 is 4.79 Å². The van der Waals surface area contributed by atoms with Crippen LogP contribution < -0.4 is 5.32 Å². The van der Waals surface area contributed by atoms with Crippen molar-refractivity contribution >= 4 is 31.1 Å². The van der Waals surface area contributed by atoms with E-state index in [1.807, 2.05) is 0 Å². The Labute approximate surface area is 73.6 Å². The summed E-state index contributed by atoms with van der Waals surface area (Å²) in [6.45, 7) is 1.02. The van der Waals surface area contributed by atoms with Crippen LogP contribution in [0.3, 0.4) is 0 Å². The Bertz CT molecular complexity index is 83.8. The molecule has 62 valence electrons. The van der Waals surface area contributed by atoms with E-state index >= 15 is 0 Å². The molecule has 1 fully saturated rings. The maximum absolute atomic E-state index is 10.1. The van der Waals surface area contributed by atoms with Crippen LogP contribution in [0.25, 0.3) is 0 Å². The fourth-order valence-electron chi connectivity index (χ4n) is 0.995. The Kier molecular flexibility index (Phi) is 9.40. The van der Waals surface area contributed by atoms with Gasteiger partial charge in [-0.1, -0.05) is 6.42 Å². The summed E-state index contributed by atoms with van der Waals surface area (Å²) < 4.78 is 0. The van der Waals surface area contributed by atoms with Gasteiger partial charge in [-0.25, -0.2) is 0 Å². The highest BCUT2D eigenvalue weighted by Gasteiger charge is 2.09. The first-order chi connectivity index (χ1) is 3.93. The zero-order valence-corrected chi connectivity index (χ0v) is 7.34. The fraction of sp³-hybridized carbons (Fsp3) is 0.833. The number of piperidine rings is 1. The van der Waals surface area contributed by atoms with E-state index in [1.54, 1.807) is 0 Å². The fourth-order valence-corrected chi connectivity index (χ4v) is 0.995. The average Bonchev–Trinajstić information content (AvgIpc) is 1.90. The van der Waals surface area contributed by atoms with Crippen molar-refractivity contribution in [2.24, 2.45) is 0 Å². The molecule has 0 aromatic heterocycles. The van der Waals surface area contributed by atoms with Crippen LogP contribution in [0.15, 0.2) is 0 Å². The molecule has 1 saturated heterocycles. The Morgan fingerprint density at radius 1 is 1.30 bits per heavy atom. The van der Waals surface area contributed by atoms with Gasteiger partial charge in [-0.2, -0.15) is 0 Å². The molecule has 0 radical (unpaired) electrons. The number of aldehydes is 1. The van der Waals surface area contributed by atoms with E-state index in [-0.39, 0.29) is 30.9 Å². The topological polar surface area (TPSA) is 29.1 Å². The lowest BCUT2D eigenvalue weighted by atomic mass is 10.1. The molecule has 0 aromatic carbocycles. The Morgan fingerprint density at radius 2 is 2.00 bits per heavy atom. The van der Waals surface area contributed by atoms with Gasteiger partial charge in [0, 0.05) is 0 Å². The van der Waals surface area contributed by atoms with Gasteiger partial charge < -0.3 is 10.1 Å². The van der Waals surface area contributed by atoms with Crippen LogP contribution in [0.4, 0.5) is 0 Å². The van der Waals surface area contributed by atoms with Crippen LogP contribution in [-0.2, 0) is 4.79 Å². The molecule has 1 heterocycles. The van der Waals surface area contributed by atoms with Gasteiger partial charge >= 0.3 is 0 Å². The predicted octanol–water partition coefficient (Wildman–Crippen LogP) is 1.17. The number of nitrogens with one attached hydrogen (secondary N) is 1. The lowest BCUT2D eigenvalue weighted by Crippen LogP contribution is -2.34. The van der Waals surface area contributed by atoms with Gasteiger partial charge in [-0.3, -0.25) is 0 Å². The van der Waals surface area contributed by atoms with Crippen LogP contribution in [0.1, 0.15) is 19.3 Å². The summed E-state index contributed by atoms with van der Waals surface area (Å²) in [6.07, 6.45) is 4.46. The van der Waals surface area contributed by atoms with E-state index in [9.17, 15) is 4.79 Å². The van der Waals surface area contributed by atoms with Gasteiger partial charge in [0.05, 0.1) is 6.04 Å². The molecule has 0 bridgehead atoms. The van der Waals surface area contributed by atoms with Crippen LogP contribution >= 0.6 is 24.8 Å². The van der Waals surface area contributed by atoms with Gasteiger partial charge in [0.15, 0.2) is 0 Å². The highest BCUT2D eigenvalue weighted by molar-refractivity contribution is 5.85. The van der Waals surface area contributed by atoms with Crippen molar-refractivity contribution in [3.05, 3.63) is 0 Å². The summed E-state index contributed by atoms with van der Waals surface area (Å²) in [4.78, 5) is 10.1. The number of hydrogen-bond donors (Lipinski definition) is 1. The number of hydrogen-bond acceptors (Lipinski definition) is 2. The SMILES string of the molecule is Cl.Cl.O=CC1CCCCN1. The van der Waals surface area contributed by atoms with E-state index in [0.29, 0.717) is 0 Å². The van der Waals surface area contributed by atoms with Gasteiger partial charge in [0.2, 0.25) is 0 Å². The Balaban J connectivity index is 0. The number of rotatable bonds is 1. The summed E-state index contributed by atoms with van der Waals surface area (Å²) in [5, 5.41) is 3.10. The van der Waals surface area contributed by atoms with Crippen LogP contribution in [0.5, 0.6) is 0 Å². The molecule has 0 aliphatic carbocycles. The molecule has 1 unspecified atom stereocenters. The van der Waals surface area contributed by atoms with Crippen molar-refractivity contribution in [1.82, 2.24) is 5.32 Å². The first-order valence-electron chi connectivity index (χ1n) is 3.12. The molecule has 1 N–H and O–H groups in total. The van der Waals surface area contributed by atoms with Gasteiger partial charge in [-0.05, 0) is 19.4 Å². The molecular formula is C6H13Cl2NO. The molecule has 2 nitrogen and oxygen atoms in total. The Hall–Kier alpha value is 0.210. The summed E-state index contributed by atoms with van der Waals surface area (Å²) in [5.41, 5.74) is 0. The lowest BCUT2D eigenvalue weighted by molar-refractivity contribution is -0.110. The molecule has 0 amide bonds. The predicted molar refractivity (Wildman–Crippen MR) is 46.2 cm³/mol. The molecule has 0 spiro atoms. The number of carbonyl (C=O) groups is 1. The van der Waals surface area contributed by atoms with Crippen molar-refractivity contribution in [1.29, 1.82) is 0 Å². The molecule has 10 heavy (non-hydrogen) atoms. The quantitative estimate of drug-likeness (QED) is 0.623. The number of halogens is 2. The van der Waals surface area contributed by atoms with Gasteiger partial charge in [0.25, 0.3) is 0 Å². The first kappa shape index (κ1) is 12.8. The minimum absolute atomic E-state index is 0. The van der Waals surface area contributed by atoms with E-state index < -0.39 is 0 Å². The summed E-state index contributed by atoms with van der Waals surface area (Å²) in [6, 6.07) is 0.156. The van der Waals surface area contributed by atoms with Gasteiger partial charge in [0.1, 0.15) is 6.29 Å². The highest BCUT2D eigenvalue weighted by atomic mass is 35.5. The second kappa shape index (κ2) is 7.32. The van der Waals surface area contributed by atoms with Crippen LogP contribution in [0.2, 0.25) is 0 Å². The second-order valence-electron chi connectivity index (χ2n) is 2.19. The minimum Gasteiger partial charge on any atom is -0.308 e. The van der Waals surface area contributed by atoms with Crippen LogP contribution in [-0.4, -0.2) is 18.9 Å².